The number of sulfonamides is 1. The maximum Gasteiger partial charge on any atom is 0.322 e. The van der Waals surface area contributed by atoms with Gasteiger partial charge in [-0.3, -0.25) is 10.1 Å². The molecule has 2 N–H and O–H groups in total. The van der Waals surface area contributed by atoms with Crippen molar-refractivity contribution < 1.29 is 18.0 Å². The number of carbonyl (C=O) groups is 2. The maximum atomic E-state index is 12.3. The van der Waals surface area contributed by atoms with E-state index < -0.39 is 21.6 Å². The van der Waals surface area contributed by atoms with Crippen LogP contribution in [0, 0.1) is 0 Å². The summed E-state index contributed by atoms with van der Waals surface area (Å²) in [5.41, 5.74) is -0.946. The number of nitrogens with one attached hydrogen (secondary N) is 2. The molecule has 3 rings (SSSR count). The number of urea groups is 1. The molecule has 3 amide bonds. The zero-order chi connectivity index (χ0) is 14.4. The highest BCUT2D eigenvalue weighted by Crippen LogP contribution is 2.30. The van der Waals surface area contributed by atoms with E-state index in [1.54, 1.807) is 17.5 Å². The van der Waals surface area contributed by atoms with Gasteiger partial charge in [-0.1, -0.05) is 6.07 Å². The highest BCUT2D eigenvalue weighted by atomic mass is 32.2. The summed E-state index contributed by atoms with van der Waals surface area (Å²) in [6.07, 6.45) is 0.574. The fourth-order valence-corrected chi connectivity index (χ4v) is 5.11. The third-order valence-corrected chi connectivity index (χ3v) is 6.95. The fourth-order valence-electron chi connectivity index (χ4n) is 2.53. The molecule has 2 fully saturated rings. The smallest absolute Gasteiger partial charge is 0.322 e. The number of piperidine rings is 1. The number of imide groups is 1. The molecule has 7 nitrogen and oxygen atoms in total. The number of nitrogens with zero attached hydrogens (tertiary/aromatic N) is 1. The predicted molar refractivity (Wildman–Crippen MR) is 71.7 cm³/mol. The van der Waals surface area contributed by atoms with Crippen LogP contribution in [0.4, 0.5) is 4.79 Å². The summed E-state index contributed by atoms with van der Waals surface area (Å²) >= 11 is 1.17. The average molecular weight is 315 g/mol. The lowest BCUT2D eigenvalue weighted by molar-refractivity contribution is -0.125. The Balaban J connectivity index is 1.77. The molecular formula is C11H13N3O4S2. The van der Waals surface area contributed by atoms with Gasteiger partial charge in [0.2, 0.25) is 0 Å². The van der Waals surface area contributed by atoms with E-state index in [1.807, 2.05) is 0 Å². The van der Waals surface area contributed by atoms with Crippen LogP contribution < -0.4 is 10.6 Å². The number of hydrogen-bond donors (Lipinski definition) is 2. The minimum absolute atomic E-state index is 0.216. The van der Waals surface area contributed by atoms with Crippen LogP contribution in [-0.4, -0.2) is 43.3 Å². The molecule has 0 saturated carbocycles. The van der Waals surface area contributed by atoms with Gasteiger partial charge >= 0.3 is 6.03 Å². The zero-order valence-electron chi connectivity index (χ0n) is 10.5. The third kappa shape index (κ3) is 2.02. The molecular weight excluding hydrogens is 302 g/mol. The molecule has 0 bridgehead atoms. The molecule has 1 aromatic heterocycles. The Morgan fingerprint density at radius 2 is 1.95 bits per heavy atom. The van der Waals surface area contributed by atoms with Gasteiger partial charge < -0.3 is 5.32 Å². The average Bonchev–Trinajstić information content (AvgIpc) is 3.00. The first-order valence-electron chi connectivity index (χ1n) is 6.11. The van der Waals surface area contributed by atoms with Crippen LogP contribution in [0.3, 0.4) is 0 Å². The van der Waals surface area contributed by atoms with Gasteiger partial charge in [0.05, 0.1) is 0 Å². The van der Waals surface area contributed by atoms with Crippen molar-refractivity contribution in [3.05, 3.63) is 17.5 Å². The summed E-state index contributed by atoms with van der Waals surface area (Å²) in [7, 11) is -3.49. The molecule has 1 spiro atoms. The van der Waals surface area contributed by atoms with Crippen molar-refractivity contribution in [2.75, 3.05) is 13.1 Å². The highest BCUT2D eigenvalue weighted by molar-refractivity contribution is 7.91. The number of amides is 3. The van der Waals surface area contributed by atoms with Gasteiger partial charge in [-0.2, -0.15) is 4.31 Å². The van der Waals surface area contributed by atoms with Crippen LogP contribution in [0.2, 0.25) is 0 Å². The Kier molecular flexibility index (Phi) is 3.07. The topological polar surface area (TPSA) is 95.6 Å². The van der Waals surface area contributed by atoms with Crippen molar-refractivity contribution in [1.29, 1.82) is 0 Å². The minimum Gasteiger partial charge on any atom is -0.323 e. The summed E-state index contributed by atoms with van der Waals surface area (Å²) in [6, 6.07) is 2.74. The van der Waals surface area contributed by atoms with Crippen molar-refractivity contribution in [3.8, 4) is 0 Å². The SMILES string of the molecule is O=C1NC(=O)C2(CCN(S(=O)(=O)c3cccs3)CC2)N1. The van der Waals surface area contributed by atoms with E-state index in [0.717, 1.165) is 0 Å². The second-order valence-electron chi connectivity index (χ2n) is 4.83. The molecule has 1 aromatic rings. The number of thiophene rings is 1. The summed E-state index contributed by atoms with van der Waals surface area (Å²) in [5, 5.41) is 6.52. The van der Waals surface area contributed by atoms with E-state index in [4.69, 9.17) is 0 Å². The predicted octanol–water partition coefficient (Wildman–Crippen LogP) is 0.111. The van der Waals surface area contributed by atoms with Gasteiger partial charge in [-0.05, 0) is 24.3 Å². The van der Waals surface area contributed by atoms with Crippen molar-refractivity contribution in [2.24, 2.45) is 0 Å². The standard InChI is InChI=1S/C11H13N3O4S2/c15-9-11(13-10(16)12-9)3-5-14(6-4-11)20(17,18)8-2-1-7-19-8/h1-2,7H,3-6H2,(H2,12,13,15,16). The number of rotatable bonds is 2. The molecule has 3 heterocycles. The van der Waals surface area contributed by atoms with E-state index in [0.29, 0.717) is 4.21 Å². The van der Waals surface area contributed by atoms with Gasteiger partial charge in [-0.25, -0.2) is 13.2 Å². The Bertz CT molecular complexity index is 645. The summed E-state index contributed by atoms with van der Waals surface area (Å²) < 4.78 is 26.4. The van der Waals surface area contributed by atoms with E-state index >= 15 is 0 Å². The van der Waals surface area contributed by atoms with Crippen LogP contribution in [0.15, 0.2) is 21.7 Å². The van der Waals surface area contributed by atoms with Crippen LogP contribution in [0.1, 0.15) is 12.8 Å². The van der Waals surface area contributed by atoms with E-state index in [2.05, 4.69) is 10.6 Å². The summed E-state index contributed by atoms with van der Waals surface area (Å²) in [6.45, 7) is 0.432. The molecule has 0 atom stereocenters. The molecule has 0 aliphatic carbocycles. The van der Waals surface area contributed by atoms with Crippen molar-refractivity contribution >= 4 is 33.3 Å². The third-order valence-electron chi connectivity index (χ3n) is 3.68. The van der Waals surface area contributed by atoms with Gasteiger partial charge in [0.1, 0.15) is 9.75 Å². The molecule has 0 unspecified atom stereocenters. The van der Waals surface area contributed by atoms with E-state index in [1.165, 1.54) is 15.6 Å². The Labute approximate surface area is 120 Å². The second kappa shape index (κ2) is 4.54. The lowest BCUT2D eigenvalue weighted by atomic mass is 9.89. The summed E-state index contributed by atoms with van der Waals surface area (Å²) in [5.74, 6) is -0.365. The first-order valence-corrected chi connectivity index (χ1v) is 8.43. The molecule has 0 radical (unpaired) electrons. The minimum atomic E-state index is -3.49. The van der Waals surface area contributed by atoms with Gasteiger partial charge in [0, 0.05) is 13.1 Å². The number of carbonyl (C=O) groups excluding carboxylic acids is 2. The normalized spacial score (nSPS) is 22.8. The fraction of sp³-hybridized carbons (Fsp3) is 0.455. The summed E-state index contributed by atoms with van der Waals surface area (Å²) in [4.78, 5) is 23.0. The largest absolute Gasteiger partial charge is 0.323 e. The van der Waals surface area contributed by atoms with E-state index in [-0.39, 0.29) is 31.8 Å². The second-order valence-corrected chi connectivity index (χ2v) is 7.94. The molecule has 2 aliphatic heterocycles. The lowest BCUT2D eigenvalue weighted by Crippen LogP contribution is -2.55. The molecule has 2 saturated heterocycles. The lowest BCUT2D eigenvalue weighted by Gasteiger charge is -2.35. The molecule has 9 heteroatoms. The van der Waals surface area contributed by atoms with Crippen LogP contribution >= 0.6 is 11.3 Å². The van der Waals surface area contributed by atoms with Gasteiger partial charge in [0.25, 0.3) is 15.9 Å². The van der Waals surface area contributed by atoms with Gasteiger partial charge in [0.15, 0.2) is 0 Å². The maximum absolute atomic E-state index is 12.3. The van der Waals surface area contributed by atoms with Crippen LogP contribution in [0.5, 0.6) is 0 Å². The monoisotopic (exact) mass is 315 g/mol. The van der Waals surface area contributed by atoms with Gasteiger partial charge in [-0.15, -0.1) is 11.3 Å². The highest BCUT2D eigenvalue weighted by Gasteiger charge is 2.49. The first-order chi connectivity index (χ1) is 9.44. The Hall–Kier alpha value is -1.45. The van der Waals surface area contributed by atoms with Crippen molar-refractivity contribution in [3.63, 3.8) is 0 Å². The van der Waals surface area contributed by atoms with Crippen LogP contribution in [0.25, 0.3) is 0 Å². The van der Waals surface area contributed by atoms with Crippen LogP contribution in [-0.2, 0) is 14.8 Å². The zero-order valence-corrected chi connectivity index (χ0v) is 12.1. The molecule has 108 valence electrons. The number of hydrogen-bond acceptors (Lipinski definition) is 5. The first kappa shape index (κ1) is 13.5. The van der Waals surface area contributed by atoms with Crippen molar-refractivity contribution in [2.45, 2.75) is 22.6 Å². The molecule has 0 aromatic carbocycles. The Morgan fingerprint density at radius 1 is 1.25 bits per heavy atom. The van der Waals surface area contributed by atoms with Crippen molar-refractivity contribution in [1.82, 2.24) is 14.9 Å². The quantitative estimate of drug-likeness (QED) is 0.757. The Morgan fingerprint density at radius 3 is 2.45 bits per heavy atom. The van der Waals surface area contributed by atoms with E-state index in [9.17, 15) is 18.0 Å². The molecule has 20 heavy (non-hydrogen) atoms. The molecule has 2 aliphatic rings.